The molecule has 0 fully saturated rings. The van der Waals surface area contributed by atoms with Gasteiger partial charge in [-0.05, 0) is 41.8 Å². The summed E-state index contributed by atoms with van der Waals surface area (Å²) in [6, 6.07) is 8.93. The molecule has 0 spiro atoms. The Morgan fingerprint density at radius 2 is 2.00 bits per heavy atom. The first kappa shape index (κ1) is 16.4. The minimum atomic E-state index is 0.291. The van der Waals surface area contributed by atoms with E-state index in [9.17, 15) is 0 Å². The second-order valence-electron chi connectivity index (χ2n) is 8.01. The van der Waals surface area contributed by atoms with Gasteiger partial charge in [-0.15, -0.1) is 0 Å². The molecule has 0 saturated carbocycles. The summed E-state index contributed by atoms with van der Waals surface area (Å²) in [5.41, 5.74) is 3.26. The van der Waals surface area contributed by atoms with Crippen LogP contribution >= 0.6 is 0 Å². The number of hydrogen-bond acceptors (Lipinski definition) is 2. The van der Waals surface area contributed by atoms with E-state index in [2.05, 4.69) is 69.1 Å². The number of nitrogens with zero attached hydrogens (tertiary/aromatic N) is 1. The summed E-state index contributed by atoms with van der Waals surface area (Å²) in [5, 5.41) is 3.62. The second-order valence-corrected chi connectivity index (χ2v) is 8.01. The molecule has 21 heavy (non-hydrogen) atoms. The van der Waals surface area contributed by atoms with E-state index in [1.165, 1.54) is 24.2 Å². The number of benzene rings is 1. The highest BCUT2D eigenvalue weighted by molar-refractivity contribution is 5.55. The number of fused-ring (bicyclic) bond motifs is 1. The summed E-state index contributed by atoms with van der Waals surface area (Å²) in [5.74, 6) is 1.47. The smallest absolute Gasteiger partial charge is 0.0399 e. The molecule has 0 amide bonds. The molecule has 1 N–H and O–H groups in total. The van der Waals surface area contributed by atoms with Crippen LogP contribution < -0.4 is 10.2 Å². The van der Waals surface area contributed by atoms with Crippen molar-refractivity contribution in [1.29, 1.82) is 0 Å². The minimum Gasteiger partial charge on any atom is -0.370 e. The summed E-state index contributed by atoms with van der Waals surface area (Å²) < 4.78 is 0. The zero-order valence-electron chi connectivity index (χ0n) is 14.4. The fourth-order valence-electron chi connectivity index (χ4n) is 3.33. The maximum absolute atomic E-state index is 3.62. The first-order valence-electron chi connectivity index (χ1n) is 8.41. The van der Waals surface area contributed by atoms with Crippen LogP contribution in [0.5, 0.6) is 0 Å². The van der Waals surface area contributed by atoms with Gasteiger partial charge >= 0.3 is 0 Å². The Hall–Kier alpha value is -1.02. The van der Waals surface area contributed by atoms with Gasteiger partial charge in [0, 0.05) is 25.3 Å². The number of para-hydroxylation sites is 1. The van der Waals surface area contributed by atoms with Crippen molar-refractivity contribution in [3.8, 4) is 0 Å². The lowest BCUT2D eigenvalue weighted by Gasteiger charge is -2.40. The molecule has 1 atom stereocenters. The highest BCUT2D eigenvalue weighted by Crippen LogP contribution is 2.31. The van der Waals surface area contributed by atoms with Crippen molar-refractivity contribution >= 4 is 5.69 Å². The van der Waals surface area contributed by atoms with Crippen LogP contribution in [0.15, 0.2) is 24.3 Å². The van der Waals surface area contributed by atoms with E-state index in [0.717, 1.165) is 31.5 Å². The van der Waals surface area contributed by atoms with Gasteiger partial charge in [0.2, 0.25) is 0 Å². The lowest BCUT2D eigenvalue weighted by molar-refractivity contribution is 0.325. The molecule has 1 aliphatic heterocycles. The Morgan fingerprint density at radius 3 is 2.71 bits per heavy atom. The summed E-state index contributed by atoms with van der Waals surface area (Å²) in [7, 11) is 0. The fourth-order valence-corrected chi connectivity index (χ4v) is 3.33. The molecule has 0 radical (unpaired) electrons. The average molecular weight is 288 g/mol. The van der Waals surface area contributed by atoms with Crippen molar-refractivity contribution in [3.63, 3.8) is 0 Å². The third-order valence-corrected chi connectivity index (χ3v) is 4.21. The van der Waals surface area contributed by atoms with E-state index in [-0.39, 0.29) is 0 Å². The Balaban J connectivity index is 2.01. The topological polar surface area (TPSA) is 15.3 Å². The molecule has 1 aromatic carbocycles. The molecule has 1 aliphatic rings. The van der Waals surface area contributed by atoms with E-state index < -0.39 is 0 Å². The predicted octanol–water partition coefficient (Wildman–Crippen LogP) is 3.96. The van der Waals surface area contributed by atoms with Crippen LogP contribution in [-0.2, 0) is 6.42 Å². The van der Waals surface area contributed by atoms with E-state index in [0.29, 0.717) is 5.41 Å². The highest BCUT2D eigenvalue weighted by Gasteiger charge is 2.27. The normalized spacial score (nSPS) is 19.0. The van der Waals surface area contributed by atoms with Gasteiger partial charge in [-0.25, -0.2) is 0 Å². The van der Waals surface area contributed by atoms with Gasteiger partial charge in [-0.3, -0.25) is 0 Å². The number of anilines is 1. The van der Waals surface area contributed by atoms with Crippen molar-refractivity contribution in [2.75, 3.05) is 31.1 Å². The molecule has 2 rings (SSSR count). The van der Waals surface area contributed by atoms with E-state index in [1.807, 2.05) is 0 Å². The quantitative estimate of drug-likeness (QED) is 0.852. The highest BCUT2D eigenvalue weighted by atomic mass is 15.2. The Labute approximate surface area is 130 Å². The van der Waals surface area contributed by atoms with Crippen LogP contribution in [-0.4, -0.2) is 26.2 Å². The fraction of sp³-hybridized carbons (Fsp3) is 0.684. The second kappa shape index (κ2) is 6.83. The van der Waals surface area contributed by atoms with Crippen LogP contribution in [0.4, 0.5) is 5.69 Å². The summed E-state index contributed by atoms with van der Waals surface area (Å²) >= 11 is 0. The minimum absolute atomic E-state index is 0.291. The molecule has 1 aromatic rings. The average Bonchev–Trinajstić information content (AvgIpc) is 2.37. The Morgan fingerprint density at radius 1 is 1.29 bits per heavy atom. The van der Waals surface area contributed by atoms with Crippen molar-refractivity contribution in [1.82, 2.24) is 5.32 Å². The first-order chi connectivity index (χ1) is 9.87. The molecule has 0 saturated heterocycles. The van der Waals surface area contributed by atoms with Crippen LogP contribution in [0.1, 0.15) is 40.2 Å². The van der Waals surface area contributed by atoms with Gasteiger partial charge in [-0.2, -0.15) is 0 Å². The van der Waals surface area contributed by atoms with E-state index in [4.69, 9.17) is 0 Å². The first-order valence-corrected chi connectivity index (χ1v) is 8.41. The van der Waals surface area contributed by atoms with Crippen LogP contribution in [0.25, 0.3) is 0 Å². The third-order valence-electron chi connectivity index (χ3n) is 4.21. The number of nitrogens with one attached hydrogen (secondary N) is 1. The molecule has 0 aromatic heterocycles. The molecule has 2 heteroatoms. The van der Waals surface area contributed by atoms with E-state index >= 15 is 0 Å². The predicted molar refractivity (Wildman–Crippen MR) is 93.0 cm³/mol. The molecule has 0 bridgehead atoms. The third kappa shape index (κ3) is 4.74. The number of rotatable bonds is 6. The molecular weight excluding hydrogens is 256 g/mol. The molecule has 2 nitrogen and oxygen atoms in total. The van der Waals surface area contributed by atoms with E-state index in [1.54, 1.807) is 0 Å². The summed E-state index contributed by atoms with van der Waals surface area (Å²) in [4.78, 5) is 2.60. The van der Waals surface area contributed by atoms with Crippen LogP contribution in [0, 0.1) is 17.3 Å². The van der Waals surface area contributed by atoms with Crippen LogP contribution in [0.2, 0.25) is 0 Å². The van der Waals surface area contributed by atoms with Gasteiger partial charge < -0.3 is 10.2 Å². The lowest BCUT2D eigenvalue weighted by Crippen LogP contribution is -2.44. The van der Waals surface area contributed by atoms with Gasteiger partial charge in [0.15, 0.2) is 0 Å². The molecule has 1 heterocycles. The zero-order chi connectivity index (χ0) is 15.5. The lowest BCUT2D eigenvalue weighted by atomic mass is 9.88. The van der Waals surface area contributed by atoms with Crippen LogP contribution in [0.3, 0.4) is 0 Å². The summed E-state index contributed by atoms with van der Waals surface area (Å²) in [6.07, 6.45) is 1.22. The maximum Gasteiger partial charge on any atom is 0.0399 e. The largest absolute Gasteiger partial charge is 0.370 e. The van der Waals surface area contributed by atoms with Gasteiger partial charge in [-0.1, -0.05) is 52.8 Å². The number of hydrogen-bond donors (Lipinski definition) is 1. The van der Waals surface area contributed by atoms with Crippen molar-refractivity contribution in [2.24, 2.45) is 17.3 Å². The summed E-state index contributed by atoms with van der Waals surface area (Å²) in [6.45, 7) is 16.2. The SMILES string of the molecule is CC(C)CNCC(C)(C)CN1CC(C)Cc2ccccc21. The van der Waals surface area contributed by atoms with Gasteiger partial charge in [0.25, 0.3) is 0 Å². The van der Waals surface area contributed by atoms with Crippen molar-refractivity contribution < 1.29 is 0 Å². The standard InChI is InChI=1S/C19H32N2/c1-15(2)11-20-13-19(4,5)14-21-12-16(3)10-17-8-6-7-9-18(17)21/h6-9,15-16,20H,10-14H2,1-5H3. The van der Waals surface area contributed by atoms with Gasteiger partial charge in [0.05, 0.1) is 0 Å². The zero-order valence-corrected chi connectivity index (χ0v) is 14.4. The molecule has 118 valence electrons. The molecule has 1 unspecified atom stereocenters. The Bertz CT molecular complexity index is 451. The van der Waals surface area contributed by atoms with Crippen molar-refractivity contribution in [3.05, 3.63) is 29.8 Å². The van der Waals surface area contributed by atoms with Crippen molar-refractivity contribution in [2.45, 2.75) is 41.0 Å². The molecular formula is C19H32N2. The van der Waals surface area contributed by atoms with Gasteiger partial charge in [0.1, 0.15) is 0 Å². The Kier molecular flexibility index (Phi) is 5.32. The monoisotopic (exact) mass is 288 g/mol. The molecule has 0 aliphatic carbocycles. The maximum atomic E-state index is 3.62.